The fourth-order valence-corrected chi connectivity index (χ4v) is 2.93. The molecule has 27 heavy (non-hydrogen) atoms. The first-order valence-electron chi connectivity index (χ1n) is 8.50. The molecule has 8 heteroatoms. The molecule has 8 nitrogen and oxygen atoms in total. The van der Waals surface area contributed by atoms with Crippen molar-refractivity contribution < 1.29 is 9.15 Å². The number of ether oxygens (including phenoxy) is 1. The van der Waals surface area contributed by atoms with E-state index in [2.05, 4.69) is 5.32 Å². The third-order valence-corrected chi connectivity index (χ3v) is 4.38. The van der Waals surface area contributed by atoms with E-state index in [1.807, 2.05) is 44.2 Å². The van der Waals surface area contributed by atoms with Crippen LogP contribution in [0.2, 0.25) is 0 Å². The predicted octanol–water partition coefficient (Wildman–Crippen LogP) is 2.27. The van der Waals surface area contributed by atoms with Gasteiger partial charge in [-0.2, -0.15) is 5.26 Å². The summed E-state index contributed by atoms with van der Waals surface area (Å²) in [6, 6.07) is 8.96. The number of nitrogens with one attached hydrogen (secondary N) is 1. The molecular weight excluding hydrogens is 348 g/mol. The van der Waals surface area contributed by atoms with E-state index < -0.39 is 17.3 Å². The molecule has 0 amide bonds. The zero-order chi connectivity index (χ0) is 19.7. The summed E-state index contributed by atoms with van der Waals surface area (Å²) in [7, 11) is 2.84. The van der Waals surface area contributed by atoms with Crippen LogP contribution in [-0.2, 0) is 14.1 Å². The molecule has 1 aromatic carbocycles. The van der Waals surface area contributed by atoms with E-state index in [1.54, 1.807) is 0 Å². The van der Waals surface area contributed by atoms with Gasteiger partial charge in [0.1, 0.15) is 17.6 Å². The van der Waals surface area contributed by atoms with Gasteiger partial charge in [-0.3, -0.25) is 13.9 Å². The minimum absolute atomic E-state index is 0.127. The van der Waals surface area contributed by atoms with E-state index in [4.69, 9.17) is 9.15 Å². The third kappa shape index (κ3) is 3.08. The topological polar surface area (TPSA) is 102 Å². The average Bonchev–Trinajstić information content (AvgIpc) is 3.10. The SMILES string of the molecule is CCOc1cccc2cc(C(C)Nc3c(C#N)c(=O)n(C)c(=O)n3C)oc12. The van der Waals surface area contributed by atoms with E-state index >= 15 is 0 Å². The van der Waals surface area contributed by atoms with Gasteiger partial charge in [0.25, 0.3) is 5.56 Å². The van der Waals surface area contributed by atoms with E-state index in [0.717, 1.165) is 9.95 Å². The molecule has 3 aromatic rings. The van der Waals surface area contributed by atoms with Crippen LogP contribution in [0.25, 0.3) is 11.0 Å². The fraction of sp³-hybridized carbons (Fsp3) is 0.316. The van der Waals surface area contributed by atoms with Gasteiger partial charge in [0.05, 0.1) is 12.6 Å². The highest BCUT2D eigenvalue weighted by Gasteiger charge is 2.20. The number of para-hydroxylation sites is 1. The summed E-state index contributed by atoms with van der Waals surface area (Å²) in [5.41, 5.74) is -0.658. The van der Waals surface area contributed by atoms with Crippen LogP contribution >= 0.6 is 0 Å². The third-order valence-electron chi connectivity index (χ3n) is 4.38. The standard InChI is InChI=1S/C19H20N4O4/c1-5-26-14-8-6-7-12-9-15(27-16(12)14)11(2)21-17-13(10-20)18(24)23(4)19(25)22(17)3/h6-9,11,21H,5H2,1-4H3. The van der Waals surface area contributed by atoms with Gasteiger partial charge in [0.2, 0.25) is 0 Å². The summed E-state index contributed by atoms with van der Waals surface area (Å²) in [6.07, 6.45) is 0. The van der Waals surface area contributed by atoms with Crippen molar-refractivity contribution in [1.29, 1.82) is 5.26 Å². The molecule has 1 unspecified atom stereocenters. The number of furan rings is 1. The Morgan fingerprint density at radius 3 is 2.70 bits per heavy atom. The number of hydrogen-bond donors (Lipinski definition) is 1. The second-order valence-electron chi connectivity index (χ2n) is 6.16. The van der Waals surface area contributed by atoms with Crippen LogP contribution in [0.15, 0.2) is 38.3 Å². The molecule has 0 radical (unpaired) electrons. The molecule has 0 spiro atoms. The van der Waals surface area contributed by atoms with Crippen molar-refractivity contribution in [3.8, 4) is 11.8 Å². The lowest BCUT2D eigenvalue weighted by Crippen LogP contribution is -2.40. The normalized spacial score (nSPS) is 12.0. The van der Waals surface area contributed by atoms with Crippen molar-refractivity contribution in [2.75, 3.05) is 11.9 Å². The van der Waals surface area contributed by atoms with E-state index in [0.29, 0.717) is 23.7 Å². The fourth-order valence-electron chi connectivity index (χ4n) is 2.93. The monoisotopic (exact) mass is 368 g/mol. The molecule has 0 bridgehead atoms. The second kappa shape index (κ2) is 7.03. The number of hydrogen-bond acceptors (Lipinski definition) is 6. The summed E-state index contributed by atoms with van der Waals surface area (Å²) in [4.78, 5) is 24.4. The number of aromatic nitrogens is 2. The minimum Gasteiger partial charge on any atom is -0.490 e. The van der Waals surface area contributed by atoms with Crippen molar-refractivity contribution in [2.45, 2.75) is 19.9 Å². The van der Waals surface area contributed by atoms with Crippen LogP contribution in [0.5, 0.6) is 5.75 Å². The van der Waals surface area contributed by atoms with Crippen molar-refractivity contribution in [2.24, 2.45) is 14.1 Å². The molecule has 0 aliphatic rings. The van der Waals surface area contributed by atoms with Gasteiger partial charge in [0.15, 0.2) is 16.9 Å². The van der Waals surface area contributed by atoms with Crippen LogP contribution in [0, 0.1) is 11.3 Å². The highest BCUT2D eigenvalue weighted by atomic mass is 16.5. The van der Waals surface area contributed by atoms with Crippen LogP contribution in [0.1, 0.15) is 31.2 Å². The van der Waals surface area contributed by atoms with Gasteiger partial charge in [-0.25, -0.2) is 4.79 Å². The van der Waals surface area contributed by atoms with Crippen molar-refractivity contribution in [3.63, 3.8) is 0 Å². The Morgan fingerprint density at radius 1 is 1.30 bits per heavy atom. The molecule has 3 rings (SSSR count). The summed E-state index contributed by atoms with van der Waals surface area (Å²) in [5.74, 6) is 1.39. The van der Waals surface area contributed by atoms with Crippen molar-refractivity contribution >= 4 is 16.8 Å². The van der Waals surface area contributed by atoms with Gasteiger partial charge in [-0.15, -0.1) is 0 Å². The maximum absolute atomic E-state index is 12.2. The number of nitrogens with zero attached hydrogens (tertiary/aromatic N) is 3. The van der Waals surface area contributed by atoms with Crippen molar-refractivity contribution in [3.05, 3.63) is 56.4 Å². The van der Waals surface area contributed by atoms with Crippen LogP contribution in [0.3, 0.4) is 0 Å². The molecule has 2 aromatic heterocycles. The Balaban J connectivity index is 2.04. The zero-order valence-electron chi connectivity index (χ0n) is 15.6. The number of anilines is 1. The van der Waals surface area contributed by atoms with E-state index in [-0.39, 0.29) is 11.4 Å². The molecule has 0 aliphatic carbocycles. The summed E-state index contributed by atoms with van der Waals surface area (Å²) < 4.78 is 13.7. The number of nitriles is 1. The Morgan fingerprint density at radius 2 is 2.04 bits per heavy atom. The van der Waals surface area contributed by atoms with Gasteiger partial charge in [-0.1, -0.05) is 12.1 Å². The van der Waals surface area contributed by atoms with Gasteiger partial charge < -0.3 is 14.5 Å². The Labute approximate surface area is 155 Å². The summed E-state index contributed by atoms with van der Waals surface area (Å²) >= 11 is 0. The van der Waals surface area contributed by atoms with Crippen LogP contribution in [-0.4, -0.2) is 15.7 Å². The van der Waals surface area contributed by atoms with E-state index in [9.17, 15) is 14.9 Å². The molecule has 0 aliphatic heterocycles. The van der Waals surface area contributed by atoms with Gasteiger partial charge >= 0.3 is 5.69 Å². The second-order valence-corrected chi connectivity index (χ2v) is 6.16. The molecule has 0 saturated carbocycles. The maximum Gasteiger partial charge on any atom is 0.332 e. The lowest BCUT2D eigenvalue weighted by atomic mass is 10.2. The zero-order valence-corrected chi connectivity index (χ0v) is 15.6. The highest BCUT2D eigenvalue weighted by Crippen LogP contribution is 2.32. The van der Waals surface area contributed by atoms with Gasteiger partial charge in [0, 0.05) is 19.5 Å². The Bertz CT molecular complexity index is 1160. The van der Waals surface area contributed by atoms with Crippen molar-refractivity contribution in [1.82, 2.24) is 9.13 Å². The predicted molar refractivity (Wildman–Crippen MR) is 101 cm³/mol. The van der Waals surface area contributed by atoms with Crippen LogP contribution < -0.4 is 21.3 Å². The molecule has 2 heterocycles. The lowest BCUT2D eigenvalue weighted by Gasteiger charge is -2.17. The molecular formula is C19H20N4O4. The first-order chi connectivity index (χ1) is 12.9. The number of rotatable bonds is 5. The molecule has 0 saturated heterocycles. The first kappa shape index (κ1) is 18.3. The average molecular weight is 368 g/mol. The molecule has 1 N–H and O–H groups in total. The Hall–Kier alpha value is -3.47. The summed E-state index contributed by atoms with van der Waals surface area (Å²) in [6.45, 7) is 4.23. The molecule has 140 valence electrons. The van der Waals surface area contributed by atoms with Gasteiger partial charge in [-0.05, 0) is 26.0 Å². The smallest absolute Gasteiger partial charge is 0.332 e. The number of fused-ring (bicyclic) bond motifs is 1. The quantitative estimate of drug-likeness (QED) is 0.741. The minimum atomic E-state index is -0.640. The summed E-state index contributed by atoms with van der Waals surface area (Å²) in [5, 5.41) is 13.3. The van der Waals surface area contributed by atoms with E-state index in [1.165, 1.54) is 18.7 Å². The van der Waals surface area contributed by atoms with Crippen LogP contribution in [0.4, 0.5) is 5.82 Å². The lowest BCUT2D eigenvalue weighted by molar-refractivity contribution is 0.337. The largest absolute Gasteiger partial charge is 0.490 e. The highest BCUT2D eigenvalue weighted by molar-refractivity contribution is 5.83. The maximum atomic E-state index is 12.2. The molecule has 1 atom stereocenters. The number of benzene rings is 1. The Kier molecular flexibility index (Phi) is 4.77. The molecule has 0 fully saturated rings. The first-order valence-corrected chi connectivity index (χ1v) is 8.50.